The summed E-state index contributed by atoms with van der Waals surface area (Å²) in [5.74, 6) is 1.29. The van der Waals surface area contributed by atoms with Crippen molar-refractivity contribution in [2.45, 2.75) is 33.3 Å². The molecule has 0 saturated carbocycles. The Morgan fingerprint density at radius 3 is 2.75 bits per heavy atom. The topological polar surface area (TPSA) is 85.7 Å². The van der Waals surface area contributed by atoms with Crippen molar-refractivity contribution in [3.05, 3.63) is 46.8 Å². The summed E-state index contributed by atoms with van der Waals surface area (Å²) >= 11 is 0. The van der Waals surface area contributed by atoms with Gasteiger partial charge in [-0.2, -0.15) is 0 Å². The van der Waals surface area contributed by atoms with Gasteiger partial charge < -0.3 is 20.3 Å². The van der Waals surface area contributed by atoms with Gasteiger partial charge in [-0.1, -0.05) is 23.4 Å². The van der Waals surface area contributed by atoms with Crippen LogP contribution in [-0.4, -0.2) is 24.8 Å². The number of anilines is 1. The van der Waals surface area contributed by atoms with Crippen LogP contribution in [0.25, 0.3) is 0 Å². The van der Waals surface area contributed by atoms with Gasteiger partial charge in [0.05, 0.1) is 12.3 Å². The number of halogens is 1. The molecular formula is C17H25IN4O2. The van der Waals surface area contributed by atoms with E-state index in [0.717, 1.165) is 41.1 Å². The molecule has 24 heavy (non-hydrogen) atoms. The van der Waals surface area contributed by atoms with Crippen LogP contribution in [0.5, 0.6) is 0 Å². The molecule has 6 nitrogen and oxygen atoms in total. The summed E-state index contributed by atoms with van der Waals surface area (Å²) in [6, 6.07) is 7.87. The summed E-state index contributed by atoms with van der Waals surface area (Å²) in [5.41, 5.74) is 10.0. The number of rotatable bonds is 7. The number of nitrogens with zero attached hydrogens (tertiary/aromatic N) is 2. The monoisotopic (exact) mass is 444 g/mol. The molecular weight excluding hydrogens is 419 g/mol. The standard InChI is InChI=1S/C17H24N4O2.HI/c1-12-15(13(2)23-21-12)8-6-10-19-17(18)20-16-9-5-4-7-14(16)11-22-3;/h4-5,7,9H,6,8,10-11H2,1-3H3,(H3,18,19,20);1H. The number of nitrogens with one attached hydrogen (secondary N) is 1. The van der Waals surface area contributed by atoms with Crippen LogP contribution in [0, 0.1) is 13.8 Å². The van der Waals surface area contributed by atoms with E-state index in [1.807, 2.05) is 38.1 Å². The van der Waals surface area contributed by atoms with E-state index >= 15 is 0 Å². The van der Waals surface area contributed by atoms with E-state index in [-0.39, 0.29) is 24.0 Å². The minimum atomic E-state index is 0. The van der Waals surface area contributed by atoms with Crippen molar-refractivity contribution in [2.75, 3.05) is 19.0 Å². The number of aryl methyl sites for hydroxylation is 2. The van der Waals surface area contributed by atoms with Crippen LogP contribution in [0.2, 0.25) is 0 Å². The molecule has 1 aromatic heterocycles. The molecule has 0 atom stereocenters. The van der Waals surface area contributed by atoms with Gasteiger partial charge in [0.1, 0.15) is 5.76 Å². The first kappa shape index (κ1) is 20.4. The lowest BCUT2D eigenvalue weighted by atomic mass is 10.1. The van der Waals surface area contributed by atoms with Crippen LogP contribution in [0.1, 0.15) is 29.0 Å². The highest BCUT2D eigenvalue weighted by molar-refractivity contribution is 14.0. The molecule has 0 aliphatic carbocycles. The van der Waals surface area contributed by atoms with Gasteiger partial charge in [0.2, 0.25) is 0 Å². The maximum Gasteiger partial charge on any atom is 0.193 e. The minimum absolute atomic E-state index is 0. The van der Waals surface area contributed by atoms with Crippen LogP contribution < -0.4 is 11.1 Å². The third kappa shape index (κ3) is 5.79. The highest BCUT2D eigenvalue weighted by Gasteiger charge is 2.08. The van der Waals surface area contributed by atoms with Crippen LogP contribution >= 0.6 is 24.0 Å². The summed E-state index contributed by atoms with van der Waals surface area (Å²) in [5, 5.41) is 7.08. The quantitative estimate of drug-likeness (QED) is 0.296. The Morgan fingerprint density at radius 2 is 2.08 bits per heavy atom. The molecule has 0 amide bonds. The molecule has 1 heterocycles. The third-order valence-electron chi connectivity index (χ3n) is 3.63. The normalized spacial score (nSPS) is 11.2. The predicted octanol–water partition coefficient (Wildman–Crippen LogP) is 3.42. The first-order valence-corrected chi connectivity index (χ1v) is 7.67. The van der Waals surface area contributed by atoms with E-state index in [0.29, 0.717) is 19.1 Å². The maximum atomic E-state index is 5.96. The summed E-state index contributed by atoms with van der Waals surface area (Å²) < 4.78 is 10.3. The minimum Gasteiger partial charge on any atom is -0.380 e. The number of nitrogens with two attached hydrogens (primary N) is 1. The molecule has 0 spiro atoms. The summed E-state index contributed by atoms with van der Waals surface area (Å²) in [6.07, 6.45) is 1.78. The van der Waals surface area contributed by atoms with Crippen molar-refractivity contribution < 1.29 is 9.26 Å². The molecule has 0 aliphatic rings. The molecule has 0 fully saturated rings. The van der Waals surface area contributed by atoms with Crippen molar-refractivity contribution in [3.8, 4) is 0 Å². The fourth-order valence-corrected chi connectivity index (χ4v) is 2.42. The van der Waals surface area contributed by atoms with Crippen molar-refractivity contribution in [1.29, 1.82) is 0 Å². The Labute approximate surface area is 159 Å². The Morgan fingerprint density at radius 1 is 1.33 bits per heavy atom. The molecule has 0 unspecified atom stereocenters. The van der Waals surface area contributed by atoms with Gasteiger partial charge in [-0.3, -0.25) is 4.99 Å². The average Bonchev–Trinajstić information content (AvgIpc) is 2.85. The number of guanidine groups is 1. The van der Waals surface area contributed by atoms with E-state index in [4.69, 9.17) is 15.0 Å². The van der Waals surface area contributed by atoms with E-state index in [9.17, 15) is 0 Å². The van der Waals surface area contributed by atoms with Gasteiger partial charge in [0.25, 0.3) is 0 Å². The number of methoxy groups -OCH3 is 1. The number of para-hydroxylation sites is 1. The molecule has 0 radical (unpaired) electrons. The smallest absolute Gasteiger partial charge is 0.193 e. The second-order valence-corrected chi connectivity index (χ2v) is 5.39. The Kier molecular flexibility index (Phi) is 8.77. The number of aromatic nitrogens is 1. The number of hydrogen-bond acceptors (Lipinski definition) is 4. The number of ether oxygens (including phenoxy) is 1. The molecule has 132 valence electrons. The van der Waals surface area contributed by atoms with Gasteiger partial charge in [0.15, 0.2) is 5.96 Å². The lowest BCUT2D eigenvalue weighted by Gasteiger charge is -2.10. The fraction of sp³-hybridized carbons (Fsp3) is 0.412. The molecule has 0 aliphatic heterocycles. The van der Waals surface area contributed by atoms with E-state index in [1.54, 1.807) is 7.11 Å². The Balaban J connectivity index is 0.00000288. The van der Waals surface area contributed by atoms with Crippen LogP contribution in [0.15, 0.2) is 33.8 Å². The van der Waals surface area contributed by atoms with Crippen LogP contribution in [0.3, 0.4) is 0 Å². The molecule has 3 N–H and O–H groups in total. The Bertz CT molecular complexity index is 651. The summed E-state index contributed by atoms with van der Waals surface area (Å²) in [6.45, 7) is 5.07. The molecule has 2 aromatic rings. The van der Waals surface area contributed by atoms with Gasteiger partial charge in [-0.05, 0) is 32.8 Å². The molecule has 2 rings (SSSR count). The first-order chi connectivity index (χ1) is 11.1. The summed E-state index contributed by atoms with van der Waals surface area (Å²) in [7, 11) is 1.67. The van der Waals surface area contributed by atoms with Gasteiger partial charge in [-0.25, -0.2) is 0 Å². The molecule has 0 saturated heterocycles. The number of hydrogen-bond donors (Lipinski definition) is 2. The maximum absolute atomic E-state index is 5.96. The highest BCUT2D eigenvalue weighted by Crippen LogP contribution is 2.16. The lowest BCUT2D eigenvalue weighted by Crippen LogP contribution is -2.23. The molecule has 1 aromatic carbocycles. The number of benzene rings is 1. The second-order valence-electron chi connectivity index (χ2n) is 5.39. The van der Waals surface area contributed by atoms with Crippen molar-refractivity contribution in [3.63, 3.8) is 0 Å². The van der Waals surface area contributed by atoms with Crippen molar-refractivity contribution in [2.24, 2.45) is 10.7 Å². The summed E-state index contributed by atoms with van der Waals surface area (Å²) in [4.78, 5) is 4.37. The van der Waals surface area contributed by atoms with Crippen molar-refractivity contribution in [1.82, 2.24) is 5.16 Å². The zero-order valence-corrected chi connectivity index (χ0v) is 16.7. The van der Waals surface area contributed by atoms with Crippen LogP contribution in [0.4, 0.5) is 5.69 Å². The van der Waals surface area contributed by atoms with E-state index in [2.05, 4.69) is 15.5 Å². The zero-order chi connectivity index (χ0) is 16.7. The van der Waals surface area contributed by atoms with Gasteiger partial charge >= 0.3 is 0 Å². The van der Waals surface area contributed by atoms with Crippen molar-refractivity contribution >= 4 is 35.6 Å². The second kappa shape index (κ2) is 10.3. The van der Waals surface area contributed by atoms with Gasteiger partial charge in [-0.15, -0.1) is 24.0 Å². The number of aliphatic imine (C=N–C) groups is 1. The molecule has 0 bridgehead atoms. The Hall–Kier alpha value is -1.61. The largest absolute Gasteiger partial charge is 0.380 e. The van der Waals surface area contributed by atoms with E-state index in [1.165, 1.54) is 0 Å². The third-order valence-corrected chi connectivity index (χ3v) is 3.63. The predicted molar refractivity (Wildman–Crippen MR) is 107 cm³/mol. The van der Waals surface area contributed by atoms with E-state index < -0.39 is 0 Å². The van der Waals surface area contributed by atoms with Gasteiger partial charge in [0, 0.05) is 30.5 Å². The highest BCUT2D eigenvalue weighted by atomic mass is 127. The lowest BCUT2D eigenvalue weighted by molar-refractivity contribution is 0.185. The fourth-order valence-electron chi connectivity index (χ4n) is 2.42. The zero-order valence-electron chi connectivity index (χ0n) is 14.3. The SMILES string of the molecule is COCc1ccccc1NC(N)=NCCCc1c(C)noc1C.I. The first-order valence-electron chi connectivity index (χ1n) is 7.67. The molecule has 7 heteroatoms. The average molecular weight is 444 g/mol. The van der Waals surface area contributed by atoms with Crippen LogP contribution in [-0.2, 0) is 17.8 Å².